The zero-order valence-corrected chi connectivity index (χ0v) is 10.9. The van der Waals surface area contributed by atoms with Crippen molar-refractivity contribution >= 4 is 21.6 Å². The van der Waals surface area contributed by atoms with Crippen LogP contribution in [0.2, 0.25) is 0 Å². The smallest absolute Gasteiger partial charge is 0.211 e. The molecule has 14 heavy (non-hydrogen) atoms. The van der Waals surface area contributed by atoms with Crippen LogP contribution in [0.5, 0.6) is 0 Å². The van der Waals surface area contributed by atoms with E-state index >= 15 is 0 Å². The van der Waals surface area contributed by atoms with Gasteiger partial charge in [-0.25, -0.2) is 13.1 Å². The van der Waals surface area contributed by atoms with Crippen LogP contribution in [0.4, 0.5) is 0 Å². The molecule has 0 aliphatic carbocycles. The zero-order valence-electron chi connectivity index (χ0n) is 9.30. The molecule has 0 saturated carbocycles. The summed E-state index contributed by atoms with van der Waals surface area (Å²) in [6.45, 7) is 7.82. The lowest BCUT2D eigenvalue weighted by atomic mass is 9.94. The highest BCUT2D eigenvalue weighted by atomic mass is 35.5. The Morgan fingerprint density at radius 3 is 2.21 bits per heavy atom. The molecule has 0 aromatic rings. The first-order valence-corrected chi connectivity index (χ1v) is 6.91. The summed E-state index contributed by atoms with van der Waals surface area (Å²) in [5.74, 6) is 0.465. The van der Waals surface area contributed by atoms with Gasteiger partial charge in [0.1, 0.15) is 0 Å². The molecule has 0 aromatic heterocycles. The van der Waals surface area contributed by atoms with Gasteiger partial charge in [0.05, 0.1) is 5.75 Å². The molecule has 1 unspecified atom stereocenters. The second-order valence-electron chi connectivity index (χ2n) is 4.80. The molecule has 1 atom stereocenters. The number of halogens is 1. The Morgan fingerprint density at radius 1 is 1.36 bits per heavy atom. The summed E-state index contributed by atoms with van der Waals surface area (Å²) in [6.07, 6.45) is 0.650. The SMILES string of the molecule is CC(CCl)NS(=O)(=O)CCC(C)(C)C. The van der Waals surface area contributed by atoms with Gasteiger partial charge in [-0.2, -0.15) is 0 Å². The summed E-state index contributed by atoms with van der Waals surface area (Å²) in [6, 6.07) is -0.193. The van der Waals surface area contributed by atoms with E-state index in [1.807, 2.05) is 20.8 Å². The second kappa shape index (κ2) is 5.33. The largest absolute Gasteiger partial charge is 0.212 e. The first kappa shape index (κ1) is 14.2. The summed E-state index contributed by atoms with van der Waals surface area (Å²) in [4.78, 5) is 0. The maximum atomic E-state index is 11.5. The molecule has 0 amide bonds. The van der Waals surface area contributed by atoms with Crippen LogP contribution in [0.3, 0.4) is 0 Å². The van der Waals surface area contributed by atoms with E-state index in [1.54, 1.807) is 6.92 Å². The van der Waals surface area contributed by atoms with E-state index in [4.69, 9.17) is 11.6 Å². The summed E-state index contributed by atoms with van der Waals surface area (Å²) >= 11 is 5.52. The second-order valence-corrected chi connectivity index (χ2v) is 6.98. The minimum absolute atomic E-state index is 0.0406. The highest BCUT2D eigenvalue weighted by Gasteiger charge is 2.18. The average molecular weight is 242 g/mol. The van der Waals surface area contributed by atoms with Crippen LogP contribution in [0.25, 0.3) is 0 Å². The van der Waals surface area contributed by atoms with Crippen molar-refractivity contribution in [3.05, 3.63) is 0 Å². The molecule has 0 radical (unpaired) electrons. The van der Waals surface area contributed by atoms with E-state index in [9.17, 15) is 8.42 Å². The standard InChI is InChI=1S/C9H20ClNO2S/c1-8(7-10)11-14(12,13)6-5-9(2,3)4/h8,11H,5-7H2,1-4H3. The number of hydrogen-bond acceptors (Lipinski definition) is 2. The van der Waals surface area contributed by atoms with Crippen molar-refractivity contribution in [3.63, 3.8) is 0 Å². The molecule has 3 nitrogen and oxygen atoms in total. The molecule has 1 N–H and O–H groups in total. The summed E-state index contributed by atoms with van der Waals surface area (Å²) in [5.41, 5.74) is 0.0406. The fourth-order valence-corrected chi connectivity index (χ4v) is 2.70. The molecule has 0 rings (SSSR count). The molecule has 0 fully saturated rings. The van der Waals surface area contributed by atoms with Crippen molar-refractivity contribution in [1.29, 1.82) is 0 Å². The van der Waals surface area contributed by atoms with Gasteiger partial charge in [-0.15, -0.1) is 11.6 Å². The van der Waals surface area contributed by atoms with E-state index in [-0.39, 0.29) is 17.2 Å². The van der Waals surface area contributed by atoms with E-state index in [0.29, 0.717) is 12.3 Å². The molecule has 86 valence electrons. The molecular weight excluding hydrogens is 222 g/mol. The monoisotopic (exact) mass is 241 g/mol. The average Bonchev–Trinajstić information content (AvgIpc) is 1.99. The van der Waals surface area contributed by atoms with Gasteiger partial charge in [-0.3, -0.25) is 0 Å². The van der Waals surface area contributed by atoms with Gasteiger partial charge in [0.15, 0.2) is 0 Å². The summed E-state index contributed by atoms with van der Waals surface area (Å²) in [5, 5.41) is 0. The van der Waals surface area contributed by atoms with Crippen LogP contribution in [-0.2, 0) is 10.0 Å². The normalized spacial score (nSPS) is 15.5. The zero-order chi connectivity index (χ0) is 11.4. The van der Waals surface area contributed by atoms with Gasteiger partial charge in [0.25, 0.3) is 0 Å². The predicted octanol–water partition coefficient (Wildman–Crippen LogP) is 1.97. The van der Waals surface area contributed by atoms with Crippen molar-refractivity contribution in [2.75, 3.05) is 11.6 Å². The predicted molar refractivity (Wildman–Crippen MR) is 61.2 cm³/mol. The fraction of sp³-hybridized carbons (Fsp3) is 1.00. The number of sulfonamides is 1. The van der Waals surface area contributed by atoms with Crippen LogP contribution in [-0.4, -0.2) is 26.1 Å². The molecular formula is C9H20ClNO2S. The van der Waals surface area contributed by atoms with Crippen molar-refractivity contribution in [2.24, 2.45) is 5.41 Å². The third kappa shape index (κ3) is 7.59. The third-order valence-electron chi connectivity index (χ3n) is 1.73. The molecule has 0 bridgehead atoms. The Balaban J connectivity index is 4.10. The fourth-order valence-electron chi connectivity index (χ4n) is 0.837. The number of rotatable bonds is 5. The Labute approximate surface area is 92.3 Å². The lowest BCUT2D eigenvalue weighted by molar-refractivity contribution is 0.396. The van der Waals surface area contributed by atoms with E-state index in [0.717, 1.165) is 0 Å². The topological polar surface area (TPSA) is 46.2 Å². The minimum atomic E-state index is -3.16. The van der Waals surface area contributed by atoms with Gasteiger partial charge in [-0.1, -0.05) is 20.8 Å². The third-order valence-corrected chi connectivity index (χ3v) is 3.70. The molecule has 0 saturated heterocycles. The highest BCUT2D eigenvalue weighted by Crippen LogP contribution is 2.18. The van der Waals surface area contributed by atoms with Crippen LogP contribution < -0.4 is 4.72 Å². The van der Waals surface area contributed by atoms with E-state index in [2.05, 4.69) is 4.72 Å². The van der Waals surface area contributed by atoms with E-state index < -0.39 is 10.0 Å². The Morgan fingerprint density at radius 2 is 1.86 bits per heavy atom. The lowest BCUT2D eigenvalue weighted by Crippen LogP contribution is -2.36. The highest BCUT2D eigenvalue weighted by molar-refractivity contribution is 7.89. The summed E-state index contributed by atoms with van der Waals surface area (Å²) < 4.78 is 25.5. The van der Waals surface area contributed by atoms with Crippen molar-refractivity contribution < 1.29 is 8.42 Å². The van der Waals surface area contributed by atoms with Crippen LogP contribution in [0.15, 0.2) is 0 Å². The molecule has 0 aliphatic heterocycles. The van der Waals surface area contributed by atoms with Gasteiger partial charge in [0.2, 0.25) is 10.0 Å². The first-order chi connectivity index (χ1) is 6.16. The molecule has 5 heteroatoms. The number of nitrogens with one attached hydrogen (secondary N) is 1. The van der Waals surface area contributed by atoms with Crippen LogP contribution >= 0.6 is 11.6 Å². The van der Waals surface area contributed by atoms with E-state index in [1.165, 1.54) is 0 Å². The molecule has 0 aliphatic rings. The van der Waals surface area contributed by atoms with Gasteiger partial charge >= 0.3 is 0 Å². The van der Waals surface area contributed by atoms with Crippen LogP contribution in [0, 0.1) is 5.41 Å². The van der Waals surface area contributed by atoms with Gasteiger partial charge < -0.3 is 0 Å². The number of hydrogen-bond donors (Lipinski definition) is 1. The first-order valence-electron chi connectivity index (χ1n) is 4.72. The van der Waals surface area contributed by atoms with Gasteiger partial charge in [0, 0.05) is 11.9 Å². The Bertz CT molecular complexity index is 256. The van der Waals surface area contributed by atoms with Crippen molar-refractivity contribution in [3.8, 4) is 0 Å². The molecule has 0 heterocycles. The maximum Gasteiger partial charge on any atom is 0.211 e. The number of alkyl halides is 1. The van der Waals surface area contributed by atoms with Gasteiger partial charge in [-0.05, 0) is 18.8 Å². The molecule has 0 aromatic carbocycles. The minimum Gasteiger partial charge on any atom is -0.212 e. The maximum absolute atomic E-state index is 11.5. The summed E-state index contributed by atoms with van der Waals surface area (Å²) in [7, 11) is -3.16. The lowest BCUT2D eigenvalue weighted by Gasteiger charge is -2.18. The van der Waals surface area contributed by atoms with Crippen molar-refractivity contribution in [2.45, 2.75) is 40.2 Å². The quantitative estimate of drug-likeness (QED) is 0.749. The Hall–Kier alpha value is 0.200. The Kier molecular flexibility index (Phi) is 5.41. The van der Waals surface area contributed by atoms with Crippen molar-refractivity contribution in [1.82, 2.24) is 4.72 Å². The molecule has 0 spiro atoms. The van der Waals surface area contributed by atoms with Crippen LogP contribution in [0.1, 0.15) is 34.1 Å².